The van der Waals surface area contributed by atoms with Crippen molar-refractivity contribution in [2.24, 2.45) is 0 Å². The van der Waals surface area contributed by atoms with Crippen LogP contribution in [0.2, 0.25) is 5.02 Å². The van der Waals surface area contributed by atoms with Crippen LogP contribution in [0.25, 0.3) is 0 Å². The maximum Gasteiger partial charge on any atom is 0.254 e. The second kappa shape index (κ2) is 5.35. The van der Waals surface area contributed by atoms with E-state index in [-0.39, 0.29) is 11.9 Å². The molecule has 19 heavy (non-hydrogen) atoms. The predicted octanol–water partition coefficient (Wildman–Crippen LogP) is 4.38. The van der Waals surface area contributed by atoms with Crippen LogP contribution in [-0.2, 0) is 0 Å². The lowest BCUT2D eigenvalue weighted by Gasteiger charge is -2.24. The van der Waals surface area contributed by atoms with Gasteiger partial charge in [0, 0.05) is 17.1 Å². The average Bonchev–Trinajstić information content (AvgIpc) is 3.09. The molecular formula is C15H14ClNOS. The maximum atomic E-state index is 12.6. The van der Waals surface area contributed by atoms with Gasteiger partial charge < -0.3 is 4.90 Å². The maximum absolute atomic E-state index is 12.6. The topological polar surface area (TPSA) is 20.3 Å². The van der Waals surface area contributed by atoms with E-state index >= 15 is 0 Å². The summed E-state index contributed by atoms with van der Waals surface area (Å²) in [4.78, 5) is 14.5. The fourth-order valence-corrected chi connectivity index (χ4v) is 3.41. The van der Waals surface area contributed by atoms with Gasteiger partial charge in [-0.05, 0) is 59.5 Å². The van der Waals surface area contributed by atoms with Crippen LogP contribution in [0.1, 0.15) is 34.8 Å². The minimum atomic E-state index is 0.102. The molecule has 1 atom stereocenters. The summed E-state index contributed by atoms with van der Waals surface area (Å²) in [5.41, 5.74) is 1.97. The van der Waals surface area contributed by atoms with Gasteiger partial charge in [-0.25, -0.2) is 0 Å². The summed E-state index contributed by atoms with van der Waals surface area (Å²) >= 11 is 7.54. The van der Waals surface area contributed by atoms with Gasteiger partial charge in [-0.2, -0.15) is 11.3 Å². The Balaban J connectivity index is 1.84. The smallest absolute Gasteiger partial charge is 0.254 e. The van der Waals surface area contributed by atoms with Crippen molar-refractivity contribution in [3.8, 4) is 0 Å². The predicted molar refractivity (Wildman–Crippen MR) is 78.8 cm³/mol. The van der Waals surface area contributed by atoms with E-state index in [0.29, 0.717) is 10.6 Å². The number of likely N-dealkylation sites (tertiary alicyclic amines) is 1. The van der Waals surface area contributed by atoms with Crippen molar-refractivity contribution in [1.82, 2.24) is 4.90 Å². The summed E-state index contributed by atoms with van der Waals surface area (Å²) in [7, 11) is 0. The van der Waals surface area contributed by atoms with Crippen molar-refractivity contribution in [2.45, 2.75) is 18.9 Å². The number of benzene rings is 1. The van der Waals surface area contributed by atoms with Gasteiger partial charge in [0.1, 0.15) is 0 Å². The highest BCUT2D eigenvalue weighted by Gasteiger charge is 2.30. The molecule has 0 radical (unpaired) electrons. The van der Waals surface area contributed by atoms with Crippen LogP contribution in [0.15, 0.2) is 41.1 Å². The van der Waals surface area contributed by atoms with Gasteiger partial charge in [-0.3, -0.25) is 4.79 Å². The third kappa shape index (κ3) is 2.53. The Hall–Kier alpha value is -1.32. The fraction of sp³-hybridized carbons (Fsp3) is 0.267. The van der Waals surface area contributed by atoms with Crippen LogP contribution in [0.3, 0.4) is 0 Å². The summed E-state index contributed by atoms with van der Waals surface area (Å²) in [6.07, 6.45) is 2.12. The van der Waals surface area contributed by atoms with E-state index in [1.54, 1.807) is 35.6 Å². The molecule has 3 rings (SSSR count). The Labute approximate surface area is 121 Å². The summed E-state index contributed by atoms with van der Waals surface area (Å²) in [5, 5.41) is 4.86. The molecule has 1 aromatic heterocycles. The number of nitrogens with zero attached hydrogens (tertiary/aromatic N) is 1. The van der Waals surface area contributed by atoms with Gasteiger partial charge in [0.2, 0.25) is 0 Å². The molecule has 0 aliphatic carbocycles. The van der Waals surface area contributed by atoms with Crippen molar-refractivity contribution < 1.29 is 4.79 Å². The molecular weight excluding hydrogens is 278 g/mol. The van der Waals surface area contributed by atoms with Crippen LogP contribution in [0, 0.1) is 0 Å². The van der Waals surface area contributed by atoms with Gasteiger partial charge >= 0.3 is 0 Å². The van der Waals surface area contributed by atoms with Gasteiger partial charge in [0.15, 0.2) is 0 Å². The van der Waals surface area contributed by atoms with Crippen LogP contribution in [-0.4, -0.2) is 17.4 Å². The van der Waals surface area contributed by atoms with E-state index < -0.39 is 0 Å². The van der Waals surface area contributed by atoms with Crippen molar-refractivity contribution >= 4 is 28.8 Å². The Morgan fingerprint density at radius 2 is 2.05 bits per heavy atom. The molecule has 0 spiro atoms. The number of hydrogen-bond acceptors (Lipinski definition) is 2. The lowest BCUT2D eigenvalue weighted by molar-refractivity contribution is 0.0736. The minimum Gasteiger partial charge on any atom is -0.332 e. The van der Waals surface area contributed by atoms with E-state index in [0.717, 1.165) is 19.4 Å². The Morgan fingerprint density at radius 3 is 2.74 bits per heavy atom. The van der Waals surface area contributed by atoms with Crippen molar-refractivity contribution in [3.05, 3.63) is 57.2 Å². The number of thiophene rings is 1. The zero-order valence-electron chi connectivity index (χ0n) is 10.4. The number of amides is 1. The molecule has 1 unspecified atom stereocenters. The van der Waals surface area contributed by atoms with Gasteiger partial charge in [0.05, 0.1) is 6.04 Å². The third-order valence-electron chi connectivity index (χ3n) is 3.53. The highest BCUT2D eigenvalue weighted by atomic mass is 35.5. The second-order valence-electron chi connectivity index (χ2n) is 4.72. The number of carbonyl (C=O) groups is 1. The molecule has 2 heterocycles. The minimum absolute atomic E-state index is 0.102. The number of carbonyl (C=O) groups excluding carboxylic acids is 1. The Kier molecular flexibility index (Phi) is 3.58. The highest BCUT2D eigenvalue weighted by molar-refractivity contribution is 7.08. The highest BCUT2D eigenvalue weighted by Crippen LogP contribution is 2.34. The Morgan fingerprint density at radius 1 is 1.26 bits per heavy atom. The first-order valence-electron chi connectivity index (χ1n) is 6.34. The van der Waals surface area contributed by atoms with Crippen molar-refractivity contribution in [1.29, 1.82) is 0 Å². The summed E-state index contributed by atoms with van der Waals surface area (Å²) in [6, 6.07) is 9.48. The quantitative estimate of drug-likeness (QED) is 0.804. The lowest BCUT2D eigenvalue weighted by atomic mass is 10.1. The zero-order valence-corrected chi connectivity index (χ0v) is 12.0. The first-order chi connectivity index (χ1) is 9.25. The molecule has 1 fully saturated rings. The zero-order chi connectivity index (χ0) is 13.2. The molecule has 1 aliphatic rings. The molecule has 0 N–H and O–H groups in total. The monoisotopic (exact) mass is 291 g/mol. The average molecular weight is 292 g/mol. The first kappa shape index (κ1) is 12.7. The molecule has 1 aliphatic heterocycles. The van der Waals surface area contributed by atoms with Crippen molar-refractivity contribution in [2.75, 3.05) is 6.54 Å². The largest absolute Gasteiger partial charge is 0.332 e. The number of rotatable bonds is 2. The van der Waals surface area contributed by atoms with E-state index in [9.17, 15) is 4.79 Å². The SMILES string of the molecule is O=C(c1ccc(Cl)cc1)N1CCCC1c1ccsc1. The van der Waals surface area contributed by atoms with Gasteiger partial charge in [0.25, 0.3) is 5.91 Å². The summed E-state index contributed by atoms with van der Waals surface area (Å²) < 4.78 is 0. The van der Waals surface area contributed by atoms with Crippen LogP contribution < -0.4 is 0 Å². The standard InChI is InChI=1S/C15H14ClNOS/c16-13-5-3-11(4-6-13)15(18)17-8-1-2-14(17)12-7-9-19-10-12/h3-7,9-10,14H,1-2,8H2. The fourth-order valence-electron chi connectivity index (χ4n) is 2.58. The number of halogens is 1. The molecule has 0 bridgehead atoms. The van der Waals surface area contributed by atoms with Crippen LogP contribution in [0.5, 0.6) is 0 Å². The molecule has 2 aromatic rings. The molecule has 1 aromatic carbocycles. The number of hydrogen-bond donors (Lipinski definition) is 0. The second-order valence-corrected chi connectivity index (χ2v) is 5.94. The Bertz CT molecular complexity index is 564. The molecule has 4 heteroatoms. The van der Waals surface area contributed by atoms with E-state index in [1.807, 2.05) is 4.90 Å². The summed E-state index contributed by atoms with van der Waals surface area (Å²) in [5.74, 6) is 0.102. The normalized spacial score (nSPS) is 18.8. The van der Waals surface area contributed by atoms with E-state index in [4.69, 9.17) is 11.6 Å². The van der Waals surface area contributed by atoms with Crippen LogP contribution >= 0.6 is 22.9 Å². The van der Waals surface area contributed by atoms with Crippen LogP contribution in [0.4, 0.5) is 0 Å². The lowest BCUT2D eigenvalue weighted by Crippen LogP contribution is -2.30. The third-order valence-corrected chi connectivity index (χ3v) is 4.49. The first-order valence-corrected chi connectivity index (χ1v) is 7.66. The molecule has 98 valence electrons. The van der Waals surface area contributed by atoms with E-state index in [2.05, 4.69) is 16.8 Å². The van der Waals surface area contributed by atoms with E-state index in [1.165, 1.54) is 5.56 Å². The van der Waals surface area contributed by atoms with Gasteiger partial charge in [-0.1, -0.05) is 11.6 Å². The van der Waals surface area contributed by atoms with Crippen molar-refractivity contribution in [3.63, 3.8) is 0 Å². The molecule has 1 amide bonds. The molecule has 0 saturated carbocycles. The molecule has 2 nitrogen and oxygen atoms in total. The molecule has 1 saturated heterocycles. The van der Waals surface area contributed by atoms with Gasteiger partial charge in [-0.15, -0.1) is 0 Å². The summed E-state index contributed by atoms with van der Waals surface area (Å²) in [6.45, 7) is 0.835.